The first kappa shape index (κ1) is 24.9. The predicted octanol–water partition coefficient (Wildman–Crippen LogP) is 6.97. The largest absolute Gasteiger partial charge is 0.330 e. The van der Waals surface area contributed by atoms with Gasteiger partial charge in [0, 0.05) is 0 Å². The van der Waals surface area contributed by atoms with Gasteiger partial charge in [-0.15, -0.1) is 0 Å². The van der Waals surface area contributed by atoms with Crippen LogP contribution in [0, 0.1) is 0 Å². The lowest BCUT2D eigenvalue weighted by molar-refractivity contribution is 0.526. The highest BCUT2D eigenvalue weighted by Crippen LogP contribution is 2.11. The van der Waals surface area contributed by atoms with Crippen LogP contribution in [0.5, 0.6) is 0 Å². The van der Waals surface area contributed by atoms with Crippen molar-refractivity contribution >= 4 is 0 Å². The van der Waals surface area contributed by atoms with Gasteiger partial charge in [0.05, 0.1) is 0 Å². The molecule has 0 atom stereocenters. The number of nitrogens with two attached hydrogens (primary N) is 1. The van der Waals surface area contributed by atoms with E-state index in [-0.39, 0.29) is 0 Å². The molecule has 25 heavy (non-hydrogen) atoms. The fourth-order valence-corrected chi connectivity index (χ4v) is 3.49. The van der Waals surface area contributed by atoms with Crippen LogP contribution >= 0.6 is 0 Å². The Morgan fingerprint density at radius 2 is 0.760 bits per heavy atom. The van der Waals surface area contributed by atoms with E-state index in [2.05, 4.69) is 12.2 Å². The summed E-state index contributed by atoms with van der Waals surface area (Å²) < 4.78 is 0. The zero-order chi connectivity index (χ0) is 18.3. The van der Waals surface area contributed by atoms with Crippen molar-refractivity contribution in [1.29, 1.82) is 0 Å². The Kier molecular flexibility index (Phi) is 23.8. The quantitative estimate of drug-likeness (QED) is 0.206. The van der Waals surface area contributed by atoms with E-state index in [1.165, 1.54) is 135 Å². The minimum absolute atomic E-state index is 0.867. The van der Waals surface area contributed by atoms with Crippen molar-refractivity contribution in [3.63, 3.8) is 0 Å². The third kappa shape index (κ3) is 23.9. The Labute approximate surface area is 160 Å². The summed E-state index contributed by atoms with van der Waals surface area (Å²) in [6, 6.07) is 0. The van der Waals surface area contributed by atoms with E-state index in [4.69, 9.17) is 5.73 Å². The van der Waals surface area contributed by atoms with Crippen LogP contribution in [0.15, 0.2) is 0 Å². The van der Waals surface area contributed by atoms with E-state index in [1.807, 2.05) is 0 Å². The van der Waals surface area contributed by atoms with Crippen molar-refractivity contribution in [3.8, 4) is 0 Å². The summed E-state index contributed by atoms with van der Waals surface area (Å²) in [5.41, 5.74) is 5.51. The molecule has 2 heteroatoms. The Bertz CT molecular complexity index is 196. The number of hydrogen-bond donors (Lipinski definition) is 2. The lowest BCUT2D eigenvalue weighted by Crippen LogP contribution is -2.16. The molecular formula is C23H50N2. The van der Waals surface area contributed by atoms with Crippen molar-refractivity contribution in [1.82, 2.24) is 5.32 Å². The molecule has 0 amide bonds. The van der Waals surface area contributed by atoms with E-state index < -0.39 is 0 Å². The fraction of sp³-hybridized carbons (Fsp3) is 1.00. The fourth-order valence-electron chi connectivity index (χ4n) is 3.49. The summed E-state index contributed by atoms with van der Waals surface area (Å²) in [5, 5.41) is 3.62. The molecule has 0 rings (SSSR count). The Morgan fingerprint density at radius 1 is 0.440 bits per heavy atom. The first-order valence-electron chi connectivity index (χ1n) is 11.8. The SMILES string of the molecule is CCCCCCCCCCCCNCCCCCCCCCCCN. The summed E-state index contributed by atoms with van der Waals surface area (Å²) in [6.45, 7) is 5.62. The number of hydrogen-bond acceptors (Lipinski definition) is 2. The van der Waals surface area contributed by atoms with E-state index in [0.717, 1.165) is 6.54 Å². The maximum Gasteiger partial charge on any atom is -0.00489 e. The summed E-state index contributed by atoms with van der Waals surface area (Å²) in [4.78, 5) is 0. The van der Waals surface area contributed by atoms with Crippen LogP contribution in [-0.2, 0) is 0 Å². The van der Waals surface area contributed by atoms with Crippen molar-refractivity contribution in [2.75, 3.05) is 19.6 Å². The minimum Gasteiger partial charge on any atom is -0.330 e. The zero-order valence-electron chi connectivity index (χ0n) is 17.6. The van der Waals surface area contributed by atoms with Gasteiger partial charge in [-0.3, -0.25) is 0 Å². The smallest absolute Gasteiger partial charge is 0.00489 e. The molecule has 0 aliphatic heterocycles. The first-order valence-corrected chi connectivity index (χ1v) is 11.8. The highest BCUT2D eigenvalue weighted by molar-refractivity contribution is 4.53. The Hall–Kier alpha value is -0.0800. The van der Waals surface area contributed by atoms with Gasteiger partial charge in [0.15, 0.2) is 0 Å². The maximum absolute atomic E-state index is 5.51. The van der Waals surface area contributed by atoms with Crippen LogP contribution in [0.2, 0.25) is 0 Å². The van der Waals surface area contributed by atoms with Crippen molar-refractivity contribution in [3.05, 3.63) is 0 Å². The summed E-state index contributed by atoms with van der Waals surface area (Å²) in [5.74, 6) is 0. The van der Waals surface area contributed by atoms with Gasteiger partial charge >= 0.3 is 0 Å². The molecule has 0 aliphatic rings. The molecule has 0 saturated heterocycles. The van der Waals surface area contributed by atoms with Crippen molar-refractivity contribution in [2.24, 2.45) is 5.73 Å². The summed E-state index contributed by atoms with van der Waals surface area (Å²) in [6.07, 6.45) is 26.7. The monoisotopic (exact) mass is 354 g/mol. The molecule has 0 bridgehead atoms. The molecule has 0 saturated carbocycles. The second-order valence-electron chi connectivity index (χ2n) is 7.90. The van der Waals surface area contributed by atoms with E-state index in [9.17, 15) is 0 Å². The van der Waals surface area contributed by atoms with Gasteiger partial charge in [-0.2, -0.15) is 0 Å². The molecule has 0 radical (unpaired) electrons. The average molecular weight is 355 g/mol. The molecule has 0 unspecified atom stereocenters. The molecule has 2 nitrogen and oxygen atoms in total. The van der Waals surface area contributed by atoms with Crippen LogP contribution in [0.25, 0.3) is 0 Å². The van der Waals surface area contributed by atoms with Crippen LogP contribution in [0.1, 0.15) is 129 Å². The maximum atomic E-state index is 5.51. The normalized spacial score (nSPS) is 11.3. The van der Waals surface area contributed by atoms with Crippen molar-refractivity contribution in [2.45, 2.75) is 129 Å². The molecule has 3 N–H and O–H groups in total. The van der Waals surface area contributed by atoms with Gasteiger partial charge in [-0.1, -0.05) is 110 Å². The molecular weight excluding hydrogens is 304 g/mol. The molecule has 0 aromatic rings. The van der Waals surface area contributed by atoms with Gasteiger partial charge in [-0.25, -0.2) is 0 Å². The van der Waals surface area contributed by atoms with E-state index in [1.54, 1.807) is 0 Å². The average Bonchev–Trinajstić information content (AvgIpc) is 2.63. The lowest BCUT2D eigenvalue weighted by Gasteiger charge is -2.05. The highest BCUT2D eigenvalue weighted by atomic mass is 14.8. The standard InChI is InChI=1S/C23H50N2/c1-2-3-4-5-6-7-10-13-16-19-22-25-23-20-17-14-11-8-9-12-15-18-21-24/h25H,2-24H2,1H3. The number of rotatable bonds is 22. The third-order valence-corrected chi connectivity index (χ3v) is 5.26. The van der Waals surface area contributed by atoms with Gasteiger partial charge in [-0.05, 0) is 38.9 Å². The molecule has 0 fully saturated rings. The minimum atomic E-state index is 0.867. The van der Waals surface area contributed by atoms with Crippen LogP contribution in [0.4, 0.5) is 0 Å². The Morgan fingerprint density at radius 3 is 1.12 bits per heavy atom. The molecule has 0 aromatic heterocycles. The zero-order valence-corrected chi connectivity index (χ0v) is 17.6. The van der Waals surface area contributed by atoms with Crippen LogP contribution in [-0.4, -0.2) is 19.6 Å². The molecule has 0 heterocycles. The van der Waals surface area contributed by atoms with Gasteiger partial charge < -0.3 is 11.1 Å². The van der Waals surface area contributed by atoms with E-state index in [0.29, 0.717) is 0 Å². The first-order chi connectivity index (χ1) is 12.4. The lowest BCUT2D eigenvalue weighted by atomic mass is 10.1. The third-order valence-electron chi connectivity index (χ3n) is 5.26. The predicted molar refractivity (Wildman–Crippen MR) is 115 cm³/mol. The molecule has 0 aliphatic carbocycles. The summed E-state index contributed by atoms with van der Waals surface area (Å²) in [7, 11) is 0. The van der Waals surface area contributed by atoms with E-state index >= 15 is 0 Å². The topological polar surface area (TPSA) is 38.0 Å². The van der Waals surface area contributed by atoms with Gasteiger partial charge in [0.1, 0.15) is 0 Å². The second kappa shape index (κ2) is 23.9. The van der Waals surface area contributed by atoms with Crippen LogP contribution in [0.3, 0.4) is 0 Å². The number of unbranched alkanes of at least 4 members (excludes halogenated alkanes) is 17. The van der Waals surface area contributed by atoms with Gasteiger partial charge in [0.25, 0.3) is 0 Å². The highest BCUT2D eigenvalue weighted by Gasteiger charge is 1.94. The number of nitrogens with one attached hydrogen (secondary N) is 1. The van der Waals surface area contributed by atoms with Crippen molar-refractivity contribution < 1.29 is 0 Å². The van der Waals surface area contributed by atoms with Gasteiger partial charge in [0.2, 0.25) is 0 Å². The second-order valence-corrected chi connectivity index (χ2v) is 7.90. The molecule has 0 aromatic carbocycles. The summed E-state index contributed by atoms with van der Waals surface area (Å²) >= 11 is 0. The molecule has 152 valence electrons. The molecule has 0 spiro atoms. The van der Waals surface area contributed by atoms with Crippen LogP contribution < -0.4 is 11.1 Å². The Balaban J connectivity index is 2.94.